The van der Waals surface area contributed by atoms with Gasteiger partial charge in [0.25, 0.3) is 0 Å². The van der Waals surface area contributed by atoms with E-state index in [-0.39, 0.29) is 12.1 Å². The highest BCUT2D eigenvalue weighted by molar-refractivity contribution is 5.52. The molecule has 1 aliphatic rings. The van der Waals surface area contributed by atoms with E-state index in [0.717, 1.165) is 12.8 Å². The molecule has 1 heterocycles. The Morgan fingerprint density at radius 3 is 3.00 bits per heavy atom. The molecule has 0 saturated heterocycles. The molecule has 1 saturated carbocycles. The molecule has 0 spiro atoms. The molecule has 1 fully saturated rings. The largest absolute Gasteiger partial charge is 0.391 e. The maximum absolute atomic E-state index is 9.36. The Morgan fingerprint density at radius 1 is 1.57 bits per heavy atom. The number of nitrogens with one attached hydrogen (secondary N) is 1. The van der Waals surface area contributed by atoms with Crippen molar-refractivity contribution < 1.29 is 5.11 Å². The van der Waals surface area contributed by atoms with Gasteiger partial charge < -0.3 is 10.4 Å². The molecule has 1 aromatic heterocycles. The number of aromatic nitrogens is 1. The van der Waals surface area contributed by atoms with Crippen LogP contribution in [0.5, 0.6) is 0 Å². The maximum Gasteiger partial charge on any atom is 0.144 e. The predicted molar refractivity (Wildman–Crippen MR) is 51.6 cm³/mol. The smallest absolute Gasteiger partial charge is 0.144 e. The molecule has 2 rings (SSSR count). The van der Waals surface area contributed by atoms with Gasteiger partial charge in [0, 0.05) is 6.20 Å². The molecule has 0 radical (unpaired) electrons. The van der Waals surface area contributed by atoms with Crippen molar-refractivity contribution in [1.29, 1.82) is 5.26 Å². The first-order chi connectivity index (χ1) is 6.81. The van der Waals surface area contributed by atoms with Crippen molar-refractivity contribution in [2.75, 3.05) is 5.32 Å². The second-order valence-corrected chi connectivity index (χ2v) is 3.41. The van der Waals surface area contributed by atoms with E-state index in [0.29, 0.717) is 11.4 Å². The summed E-state index contributed by atoms with van der Waals surface area (Å²) in [6.07, 6.45) is 3.09. The number of nitrogens with zero attached hydrogens (tertiary/aromatic N) is 2. The summed E-state index contributed by atoms with van der Waals surface area (Å²) in [4.78, 5) is 4.06. The fourth-order valence-corrected chi connectivity index (χ4v) is 1.44. The minimum absolute atomic E-state index is 0.0528. The zero-order chi connectivity index (χ0) is 9.97. The van der Waals surface area contributed by atoms with Crippen LogP contribution >= 0.6 is 0 Å². The monoisotopic (exact) mass is 189 g/mol. The van der Waals surface area contributed by atoms with Gasteiger partial charge in [-0.15, -0.1) is 0 Å². The molecule has 72 valence electrons. The molecule has 14 heavy (non-hydrogen) atoms. The number of anilines is 1. The number of hydrogen-bond donors (Lipinski definition) is 2. The van der Waals surface area contributed by atoms with Crippen molar-refractivity contribution in [2.45, 2.75) is 25.0 Å². The van der Waals surface area contributed by atoms with Gasteiger partial charge in [-0.2, -0.15) is 5.26 Å². The third kappa shape index (κ3) is 1.54. The summed E-state index contributed by atoms with van der Waals surface area (Å²) in [6.45, 7) is 0. The lowest BCUT2D eigenvalue weighted by molar-refractivity contribution is 0.0784. The van der Waals surface area contributed by atoms with Crippen LogP contribution in [0.25, 0.3) is 0 Å². The SMILES string of the molecule is N#Cc1cccnc1NC1CCC1O. The predicted octanol–water partition coefficient (Wildman–Crippen LogP) is 0.888. The Labute approximate surface area is 82.2 Å². The third-order valence-corrected chi connectivity index (χ3v) is 2.49. The van der Waals surface area contributed by atoms with Crippen LogP contribution in [0.3, 0.4) is 0 Å². The average Bonchev–Trinajstić information content (AvgIpc) is 2.24. The number of aliphatic hydroxyl groups is 1. The molecule has 4 nitrogen and oxygen atoms in total. The van der Waals surface area contributed by atoms with Gasteiger partial charge in [-0.1, -0.05) is 0 Å². The second-order valence-electron chi connectivity index (χ2n) is 3.41. The zero-order valence-electron chi connectivity index (χ0n) is 7.64. The van der Waals surface area contributed by atoms with Gasteiger partial charge in [-0.25, -0.2) is 4.98 Å². The number of hydrogen-bond acceptors (Lipinski definition) is 4. The first-order valence-electron chi connectivity index (χ1n) is 4.61. The van der Waals surface area contributed by atoms with Gasteiger partial charge in [-0.3, -0.25) is 0 Å². The second kappa shape index (κ2) is 3.64. The highest BCUT2D eigenvalue weighted by Gasteiger charge is 2.29. The summed E-state index contributed by atoms with van der Waals surface area (Å²) in [5, 5.41) is 21.2. The van der Waals surface area contributed by atoms with E-state index < -0.39 is 0 Å². The molecule has 0 bridgehead atoms. The van der Waals surface area contributed by atoms with Crippen LogP contribution in [0.4, 0.5) is 5.82 Å². The lowest BCUT2D eigenvalue weighted by atomic mass is 9.89. The lowest BCUT2D eigenvalue weighted by Crippen LogP contribution is -2.43. The van der Waals surface area contributed by atoms with Crippen LogP contribution in [-0.2, 0) is 0 Å². The molecule has 2 atom stereocenters. The van der Waals surface area contributed by atoms with Gasteiger partial charge in [0.1, 0.15) is 11.9 Å². The first-order valence-corrected chi connectivity index (χ1v) is 4.61. The topological polar surface area (TPSA) is 68.9 Å². The summed E-state index contributed by atoms with van der Waals surface area (Å²) in [5.41, 5.74) is 0.520. The summed E-state index contributed by atoms with van der Waals surface area (Å²) >= 11 is 0. The molecule has 1 aromatic rings. The van der Waals surface area contributed by atoms with E-state index in [1.54, 1.807) is 18.3 Å². The van der Waals surface area contributed by atoms with Crippen LogP contribution in [0.1, 0.15) is 18.4 Å². The Morgan fingerprint density at radius 2 is 2.43 bits per heavy atom. The van der Waals surface area contributed by atoms with Crippen LogP contribution in [0.15, 0.2) is 18.3 Å². The van der Waals surface area contributed by atoms with Crippen LogP contribution in [-0.4, -0.2) is 22.2 Å². The summed E-state index contributed by atoms with van der Waals surface area (Å²) in [5.74, 6) is 0.568. The fraction of sp³-hybridized carbons (Fsp3) is 0.400. The Kier molecular flexibility index (Phi) is 2.33. The van der Waals surface area contributed by atoms with Crippen molar-refractivity contribution in [1.82, 2.24) is 4.98 Å². The average molecular weight is 189 g/mol. The van der Waals surface area contributed by atoms with Gasteiger partial charge in [-0.05, 0) is 25.0 Å². The molecule has 2 unspecified atom stereocenters. The molecule has 1 aliphatic carbocycles. The Balaban J connectivity index is 2.12. The number of aliphatic hydroxyl groups excluding tert-OH is 1. The fourth-order valence-electron chi connectivity index (χ4n) is 1.44. The number of pyridine rings is 1. The van der Waals surface area contributed by atoms with Crippen molar-refractivity contribution in [3.05, 3.63) is 23.9 Å². The Bertz CT molecular complexity index is 372. The van der Waals surface area contributed by atoms with Crippen molar-refractivity contribution in [3.8, 4) is 6.07 Å². The van der Waals surface area contributed by atoms with Gasteiger partial charge in [0.05, 0.1) is 17.7 Å². The number of rotatable bonds is 2. The molecule has 0 aromatic carbocycles. The van der Waals surface area contributed by atoms with Crippen LogP contribution in [0.2, 0.25) is 0 Å². The molecule has 2 N–H and O–H groups in total. The highest BCUT2D eigenvalue weighted by Crippen LogP contribution is 2.24. The quantitative estimate of drug-likeness (QED) is 0.724. The molecule has 0 aliphatic heterocycles. The minimum atomic E-state index is -0.302. The minimum Gasteiger partial charge on any atom is -0.391 e. The van der Waals surface area contributed by atoms with Crippen LogP contribution < -0.4 is 5.32 Å². The van der Waals surface area contributed by atoms with E-state index in [9.17, 15) is 5.11 Å². The summed E-state index contributed by atoms with van der Waals surface area (Å²) in [7, 11) is 0. The van der Waals surface area contributed by atoms with Gasteiger partial charge >= 0.3 is 0 Å². The van der Waals surface area contributed by atoms with Crippen LogP contribution in [0, 0.1) is 11.3 Å². The molecule has 4 heteroatoms. The summed E-state index contributed by atoms with van der Waals surface area (Å²) < 4.78 is 0. The van der Waals surface area contributed by atoms with Gasteiger partial charge in [0.2, 0.25) is 0 Å². The lowest BCUT2D eigenvalue weighted by Gasteiger charge is -2.33. The zero-order valence-corrected chi connectivity index (χ0v) is 7.64. The van der Waals surface area contributed by atoms with Crippen molar-refractivity contribution in [2.24, 2.45) is 0 Å². The van der Waals surface area contributed by atoms with E-state index in [4.69, 9.17) is 5.26 Å². The van der Waals surface area contributed by atoms with E-state index in [1.165, 1.54) is 0 Å². The third-order valence-electron chi connectivity index (χ3n) is 2.49. The molecular formula is C10H11N3O. The van der Waals surface area contributed by atoms with E-state index in [2.05, 4.69) is 16.4 Å². The molecule has 0 amide bonds. The van der Waals surface area contributed by atoms with E-state index in [1.807, 2.05) is 0 Å². The Hall–Kier alpha value is -1.60. The van der Waals surface area contributed by atoms with Crippen molar-refractivity contribution in [3.63, 3.8) is 0 Å². The summed E-state index contributed by atoms with van der Waals surface area (Å²) in [6, 6.07) is 5.54. The standard InChI is InChI=1S/C10H11N3O/c11-6-7-2-1-5-12-10(7)13-8-3-4-9(8)14/h1-2,5,8-9,14H,3-4H2,(H,12,13). The maximum atomic E-state index is 9.36. The highest BCUT2D eigenvalue weighted by atomic mass is 16.3. The van der Waals surface area contributed by atoms with Gasteiger partial charge in [0.15, 0.2) is 0 Å². The first kappa shape index (κ1) is 8.97. The normalized spacial score (nSPS) is 24.9. The van der Waals surface area contributed by atoms with E-state index >= 15 is 0 Å². The number of nitriles is 1. The van der Waals surface area contributed by atoms with Crippen molar-refractivity contribution >= 4 is 5.82 Å². The molecular weight excluding hydrogens is 178 g/mol.